The molecule has 1 aromatic heterocycles. The first-order valence-electron chi connectivity index (χ1n) is 9.55. The number of carboxylic acids is 1. The molecule has 0 unspecified atom stereocenters. The Balaban J connectivity index is 2.09. The number of pyridine rings is 1. The van der Waals surface area contributed by atoms with Crippen LogP contribution in [0.25, 0.3) is 5.76 Å². The lowest BCUT2D eigenvalue weighted by atomic mass is 10.00. The third-order valence-electron chi connectivity index (χ3n) is 4.86. The van der Waals surface area contributed by atoms with Crippen molar-refractivity contribution in [1.82, 2.24) is 4.57 Å². The summed E-state index contributed by atoms with van der Waals surface area (Å²) in [6.45, 7) is 1.78. The van der Waals surface area contributed by atoms with Gasteiger partial charge in [-0.1, -0.05) is 18.2 Å². The molecule has 2 N–H and O–H groups in total. The number of aliphatic hydroxyl groups is 1. The summed E-state index contributed by atoms with van der Waals surface area (Å²) in [7, 11) is 0. The molecular weight excluding hydrogens is 420 g/mol. The number of rotatable bonds is 7. The Morgan fingerprint density at radius 3 is 2.25 bits per heavy atom. The van der Waals surface area contributed by atoms with Gasteiger partial charge in [0.1, 0.15) is 17.4 Å². The molecule has 6 nitrogen and oxygen atoms in total. The van der Waals surface area contributed by atoms with Crippen molar-refractivity contribution in [2.75, 3.05) is 0 Å². The van der Waals surface area contributed by atoms with Crippen LogP contribution in [0.2, 0.25) is 0 Å². The number of nitrogens with zero attached hydrogens (tertiary/aromatic N) is 1. The average Bonchev–Trinajstić information content (AvgIpc) is 2.73. The van der Waals surface area contributed by atoms with E-state index >= 15 is 0 Å². The number of aliphatic hydroxyl groups excluding tert-OH is 1. The quantitative estimate of drug-likeness (QED) is 0.333. The molecule has 1 heterocycles. The highest BCUT2D eigenvalue weighted by atomic mass is 19.1. The molecule has 0 saturated carbocycles. The fourth-order valence-corrected chi connectivity index (χ4v) is 3.22. The number of benzene rings is 2. The molecule has 0 fully saturated rings. The van der Waals surface area contributed by atoms with Crippen molar-refractivity contribution in [2.24, 2.45) is 0 Å². The third kappa shape index (κ3) is 5.34. The van der Waals surface area contributed by atoms with Crippen LogP contribution in [0.5, 0.6) is 0 Å². The zero-order valence-corrected chi connectivity index (χ0v) is 17.0. The van der Waals surface area contributed by atoms with Crippen LogP contribution >= 0.6 is 0 Å². The van der Waals surface area contributed by atoms with E-state index in [1.807, 2.05) is 0 Å². The zero-order chi connectivity index (χ0) is 23.4. The van der Waals surface area contributed by atoms with Crippen LogP contribution in [0, 0.1) is 18.6 Å². The fourth-order valence-electron chi connectivity index (χ4n) is 3.22. The minimum absolute atomic E-state index is 0.0442. The van der Waals surface area contributed by atoms with Gasteiger partial charge >= 0.3 is 5.97 Å². The number of carbonyl (C=O) groups is 2. The van der Waals surface area contributed by atoms with E-state index in [2.05, 4.69) is 0 Å². The molecule has 3 aromatic rings. The Hall–Kier alpha value is -4.07. The largest absolute Gasteiger partial charge is 0.507 e. The van der Waals surface area contributed by atoms with Crippen molar-refractivity contribution in [1.29, 1.82) is 0 Å². The molecule has 164 valence electrons. The Morgan fingerprint density at radius 2 is 1.62 bits per heavy atom. The molecule has 0 amide bonds. The lowest BCUT2D eigenvalue weighted by molar-refractivity contribution is -0.146. The van der Waals surface area contributed by atoms with Gasteiger partial charge in [0.2, 0.25) is 0 Å². The predicted molar refractivity (Wildman–Crippen MR) is 113 cm³/mol. The van der Waals surface area contributed by atoms with Crippen molar-refractivity contribution < 1.29 is 28.6 Å². The van der Waals surface area contributed by atoms with E-state index in [0.717, 1.165) is 5.56 Å². The number of aryl methyl sites for hydroxylation is 1. The molecule has 0 aliphatic heterocycles. The molecule has 0 aliphatic carbocycles. The maximum Gasteiger partial charge on any atom is 0.376 e. The van der Waals surface area contributed by atoms with Crippen LogP contribution in [0.4, 0.5) is 8.78 Å². The zero-order valence-electron chi connectivity index (χ0n) is 17.0. The van der Waals surface area contributed by atoms with Crippen LogP contribution in [0.3, 0.4) is 0 Å². The number of carbonyl (C=O) groups excluding carboxylic acids is 1. The van der Waals surface area contributed by atoms with Crippen LogP contribution in [0.15, 0.2) is 65.6 Å². The summed E-state index contributed by atoms with van der Waals surface area (Å²) < 4.78 is 27.9. The number of aliphatic carboxylic acids is 1. The number of ketones is 1. The summed E-state index contributed by atoms with van der Waals surface area (Å²) in [4.78, 5) is 35.2. The monoisotopic (exact) mass is 439 g/mol. The number of aromatic nitrogens is 1. The van der Waals surface area contributed by atoms with Gasteiger partial charge in [-0.05, 0) is 65.9 Å². The molecule has 0 bridgehead atoms. The van der Waals surface area contributed by atoms with Crippen molar-refractivity contribution >= 4 is 17.5 Å². The van der Waals surface area contributed by atoms with Gasteiger partial charge in [0.05, 0.1) is 12.1 Å². The summed E-state index contributed by atoms with van der Waals surface area (Å²) >= 11 is 0. The molecule has 2 aromatic carbocycles. The molecule has 0 radical (unpaired) electrons. The van der Waals surface area contributed by atoms with E-state index in [1.54, 1.807) is 19.2 Å². The number of carboxylic acid groups (broad SMARTS) is 1. The second kappa shape index (κ2) is 9.38. The van der Waals surface area contributed by atoms with Gasteiger partial charge in [0.15, 0.2) is 0 Å². The van der Waals surface area contributed by atoms with Crippen molar-refractivity contribution in [3.8, 4) is 0 Å². The number of hydrogen-bond donors (Lipinski definition) is 2. The van der Waals surface area contributed by atoms with Gasteiger partial charge < -0.3 is 14.8 Å². The lowest BCUT2D eigenvalue weighted by Gasteiger charge is -2.13. The lowest BCUT2D eigenvalue weighted by Crippen LogP contribution is -2.25. The second-order valence-electron chi connectivity index (χ2n) is 7.27. The van der Waals surface area contributed by atoms with Crippen molar-refractivity contribution in [2.45, 2.75) is 19.9 Å². The van der Waals surface area contributed by atoms with E-state index < -0.39 is 28.9 Å². The Bertz CT molecular complexity index is 1280. The SMILES string of the molecule is Cc1cc(F)ccc1Cc1cc(/C(O)=C/C(=O)C(=O)O)c(=O)n(Cc2ccc(F)cc2)c1. The first kappa shape index (κ1) is 22.6. The van der Waals surface area contributed by atoms with Gasteiger partial charge in [-0.15, -0.1) is 0 Å². The summed E-state index contributed by atoms with van der Waals surface area (Å²) in [5, 5.41) is 19.1. The first-order chi connectivity index (χ1) is 15.1. The van der Waals surface area contributed by atoms with Gasteiger partial charge in [0.25, 0.3) is 11.3 Å². The molecule has 3 rings (SSSR count). The van der Waals surface area contributed by atoms with E-state index in [9.17, 15) is 28.3 Å². The summed E-state index contributed by atoms with van der Waals surface area (Å²) in [6, 6.07) is 11.1. The highest BCUT2D eigenvalue weighted by Gasteiger charge is 2.16. The van der Waals surface area contributed by atoms with Crippen molar-refractivity contribution in [3.05, 3.63) is 111 Å². The number of halogens is 2. The van der Waals surface area contributed by atoms with E-state index in [1.165, 1.54) is 47.0 Å². The fraction of sp³-hybridized carbons (Fsp3) is 0.125. The minimum atomic E-state index is -1.78. The molecule has 32 heavy (non-hydrogen) atoms. The van der Waals surface area contributed by atoms with Gasteiger partial charge in [0, 0.05) is 12.3 Å². The summed E-state index contributed by atoms with van der Waals surface area (Å²) in [6.07, 6.45) is 2.29. The molecule has 8 heteroatoms. The van der Waals surface area contributed by atoms with Crippen LogP contribution in [-0.2, 0) is 22.6 Å². The smallest absolute Gasteiger partial charge is 0.376 e. The Morgan fingerprint density at radius 1 is 0.969 bits per heavy atom. The number of hydrogen-bond acceptors (Lipinski definition) is 4. The van der Waals surface area contributed by atoms with Gasteiger partial charge in [-0.3, -0.25) is 9.59 Å². The third-order valence-corrected chi connectivity index (χ3v) is 4.86. The topological polar surface area (TPSA) is 96.6 Å². The molecule has 0 saturated heterocycles. The highest BCUT2D eigenvalue weighted by molar-refractivity contribution is 6.38. The normalized spacial score (nSPS) is 11.4. The van der Waals surface area contributed by atoms with Crippen LogP contribution < -0.4 is 5.56 Å². The van der Waals surface area contributed by atoms with Crippen LogP contribution in [-0.4, -0.2) is 26.5 Å². The molecule has 0 aliphatic rings. The average molecular weight is 439 g/mol. The Labute approximate surface area is 181 Å². The van der Waals surface area contributed by atoms with Crippen molar-refractivity contribution in [3.63, 3.8) is 0 Å². The summed E-state index contributed by atoms with van der Waals surface area (Å²) in [5.41, 5.74) is 1.69. The standard InChI is InChI=1S/C24H19F2NO5/c1-14-8-19(26)7-4-17(14)9-16-10-20(21(28)11-22(29)24(31)32)23(30)27(13-16)12-15-2-5-18(25)6-3-15/h2-8,10-11,13,28H,9,12H2,1H3,(H,31,32)/b21-11-. The second-order valence-corrected chi connectivity index (χ2v) is 7.27. The van der Waals surface area contributed by atoms with E-state index in [4.69, 9.17) is 5.11 Å². The Kier molecular flexibility index (Phi) is 6.63. The maximum absolute atomic E-state index is 13.4. The minimum Gasteiger partial charge on any atom is -0.507 e. The highest BCUT2D eigenvalue weighted by Crippen LogP contribution is 2.18. The maximum atomic E-state index is 13.4. The van der Waals surface area contributed by atoms with Crippen LogP contribution in [0.1, 0.15) is 27.8 Å². The van der Waals surface area contributed by atoms with Gasteiger partial charge in [-0.2, -0.15) is 0 Å². The molecular formula is C24H19F2NO5. The van der Waals surface area contributed by atoms with Gasteiger partial charge in [-0.25, -0.2) is 13.6 Å². The summed E-state index contributed by atoms with van der Waals surface area (Å²) in [5.74, 6) is -4.77. The molecule has 0 spiro atoms. The van der Waals surface area contributed by atoms with E-state index in [0.29, 0.717) is 22.8 Å². The molecule has 0 atom stereocenters. The predicted octanol–water partition coefficient (Wildman–Crippen LogP) is 3.63. The first-order valence-corrected chi connectivity index (χ1v) is 9.55. The van der Waals surface area contributed by atoms with E-state index in [-0.39, 0.29) is 24.3 Å².